The number of anilines is 1. The van der Waals surface area contributed by atoms with Crippen LogP contribution in [0.3, 0.4) is 0 Å². The number of ether oxygens (including phenoxy) is 1. The summed E-state index contributed by atoms with van der Waals surface area (Å²) in [5.74, 6) is -0.890. The van der Waals surface area contributed by atoms with Crippen LogP contribution in [0.5, 0.6) is 0 Å². The van der Waals surface area contributed by atoms with Crippen molar-refractivity contribution >= 4 is 27.6 Å². The molecule has 27 heavy (non-hydrogen) atoms. The third-order valence-corrected chi connectivity index (χ3v) is 5.06. The molecule has 2 rings (SSSR count). The molecule has 0 aromatic heterocycles. The standard InChI is InChI=1S/C19H22N2O5S/c1-3-12-20-27(24,25)17-7-5-6-15(13-17)18(22)21-16-10-8-14(9-11-16)19(23)26-4-2/h5-11,13,20H,3-4,12H2,1-2H3,(H,21,22). The molecular weight excluding hydrogens is 368 g/mol. The number of nitrogens with one attached hydrogen (secondary N) is 2. The summed E-state index contributed by atoms with van der Waals surface area (Å²) in [4.78, 5) is 24.1. The lowest BCUT2D eigenvalue weighted by atomic mass is 10.2. The highest BCUT2D eigenvalue weighted by Crippen LogP contribution is 2.15. The summed E-state index contributed by atoms with van der Waals surface area (Å²) in [7, 11) is -3.65. The summed E-state index contributed by atoms with van der Waals surface area (Å²) >= 11 is 0. The van der Waals surface area contributed by atoms with Crippen LogP contribution in [0.25, 0.3) is 0 Å². The molecule has 0 fully saturated rings. The van der Waals surface area contributed by atoms with Crippen LogP contribution in [-0.4, -0.2) is 33.4 Å². The first-order valence-corrected chi connectivity index (χ1v) is 10.0. The van der Waals surface area contributed by atoms with Crippen molar-refractivity contribution in [2.45, 2.75) is 25.2 Å². The molecule has 1 amide bonds. The van der Waals surface area contributed by atoms with Crippen LogP contribution in [0.15, 0.2) is 53.4 Å². The van der Waals surface area contributed by atoms with Gasteiger partial charge in [-0.15, -0.1) is 0 Å². The molecule has 0 saturated carbocycles. The molecule has 144 valence electrons. The summed E-state index contributed by atoms with van der Waals surface area (Å²) < 4.78 is 31.8. The van der Waals surface area contributed by atoms with E-state index >= 15 is 0 Å². The first-order valence-electron chi connectivity index (χ1n) is 8.55. The van der Waals surface area contributed by atoms with Crippen LogP contribution in [0, 0.1) is 0 Å². The Labute approximate surface area is 158 Å². The van der Waals surface area contributed by atoms with Crippen molar-refractivity contribution in [1.82, 2.24) is 4.72 Å². The average Bonchev–Trinajstić information content (AvgIpc) is 2.67. The third-order valence-electron chi connectivity index (χ3n) is 3.60. The van der Waals surface area contributed by atoms with E-state index in [9.17, 15) is 18.0 Å². The molecule has 0 aliphatic carbocycles. The molecule has 7 nitrogen and oxygen atoms in total. The van der Waals surface area contributed by atoms with Gasteiger partial charge >= 0.3 is 5.97 Å². The Balaban J connectivity index is 2.12. The number of amides is 1. The number of hydrogen-bond donors (Lipinski definition) is 2. The predicted molar refractivity (Wildman–Crippen MR) is 102 cm³/mol. The molecule has 0 radical (unpaired) electrons. The van der Waals surface area contributed by atoms with Crippen LogP contribution in [0.2, 0.25) is 0 Å². The Morgan fingerprint density at radius 2 is 1.70 bits per heavy atom. The third kappa shape index (κ3) is 5.63. The highest BCUT2D eigenvalue weighted by atomic mass is 32.2. The van der Waals surface area contributed by atoms with Crippen molar-refractivity contribution < 1.29 is 22.7 Å². The van der Waals surface area contributed by atoms with Crippen molar-refractivity contribution in [3.8, 4) is 0 Å². The van der Waals surface area contributed by atoms with E-state index in [1.54, 1.807) is 31.2 Å². The monoisotopic (exact) mass is 390 g/mol. The number of esters is 1. The van der Waals surface area contributed by atoms with Crippen LogP contribution in [-0.2, 0) is 14.8 Å². The van der Waals surface area contributed by atoms with Gasteiger partial charge in [-0.2, -0.15) is 0 Å². The van der Waals surface area contributed by atoms with E-state index < -0.39 is 21.9 Å². The second kappa shape index (κ2) is 9.29. The zero-order valence-corrected chi connectivity index (χ0v) is 16.0. The van der Waals surface area contributed by atoms with Gasteiger partial charge in [0.15, 0.2) is 0 Å². The van der Waals surface area contributed by atoms with Gasteiger partial charge in [-0.05, 0) is 55.8 Å². The lowest BCUT2D eigenvalue weighted by Crippen LogP contribution is -2.24. The molecule has 0 saturated heterocycles. The lowest BCUT2D eigenvalue weighted by molar-refractivity contribution is 0.0526. The molecule has 0 unspecified atom stereocenters. The summed E-state index contributed by atoms with van der Waals surface area (Å²) in [5, 5.41) is 2.67. The summed E-state index contributed by atoms with van der Waals surface area (Å²) in [6, 6.07) is 12.0. The fourth-order valence-corrected chi connectivity index (χ4v) is 3.41. The Kier molecular flexibility index (Phi) is 7.09. The average molecular weight is 390 g/mol. The maximum absolute atomic E-state index is 12.4. The molecule has 2 N–H and O–H groups in total. The molecule has 0 aliphatic heterocycles. The van der Waals surface area contributed by atoms with Gasteiger partial charge in [0, 0.05) is 17.8 Å². The van der Waals surface area contributed by atoms with E-state index in [2.05, 4.69) is 10.0 Å². The van der Waals surface area contributed by atoms with E-state index in [0.29, 0.717) is 24.2 Å². The summed E-state index contributed by atoms with van der Waals surface area (Å²) in [5.41, 5.74) is 1.07. The van der Waals surface area contributed by atoms with E-state index in [4.69, 9.17) is 4.74 Å². The van der Waals surface area contributed by atoms with Gasteiger partial charge < -0.3 is 10.1 Å². The SMILES string of the molecule is CCCNS(=O)(=O)c1cccc(C(=O)Nc2ccc(C(=O)OCC)cc2)c1. The number of rotatable bonds is 8. The minimum absolute atomic E-state index is 0.0289. The molecule has 0 heterocycles. The quantitative estimate of drug-likeness (QED) is 0.675. The van der Waals surface area contributed by atoms with Crippen molar-refractivity contribution in [1.29, 1.82) is 0 Å². The first kappa shape index (κ1) is 20.6. The molecule has 8 heteroatoms. The molecule has 0 aliphatic rings. The maximum atomic E-state index is 12.4. The lowest BCUT2D eigenvalue weighted by Gasteiger charge is -2.09. The van der Waals surface area contributed by atoms with Crippen LogP contribution < -0.4 is 10.0 Å². The van der Waals surface area contributed by atoms with Crippen molar-refractivity contribution in [2.24, 2.45) is 0 Å². The van der Waals surface area contributed by atoms with E-state index in [1.807, 2.05) is 6.92 Å². The van der Waals surface area contributed by atoms with Gasteiger partial charge in [-0.1, -0.05) is 13.0 Å². The van der Waals surface area contributed by atoms with Crippen LogP contribution in [0.4, 0.5) is 5.69 Å². The summed E-state index contributed by atoms with van der Waals surface area (Å²) in [6.45, 7) is 4.19. The number of carbonyl (C=O) groups is 2. The molecule has 0 spiro atoms. The zero-order valence-electron chi connectivity index (χ0n) is 15.2. The fraction of sp³-hybridized carbons (Fsp3) is 0.263. The van der Waals surface area contributed by atoms with Crippen LogP contribution >= 0.6 is 0 Å². The number of benzene rings is 2. The Bertz CT molecular complexity index is 908. The topological polar surface area (TPSA) is 102 Å². The minimum Gasteiger partial charge on any atom is -0.462 e. The Hall–Kier alpha value is -2.71. The van der Waals surface area contributed by atoms with Gasteiger partial charge in [0.2, 0.25) is 10.0 Å². The van der Waals surface area contributed by atoms with Gasteiger partial charge in [0.05, 0.1) is 17.1 Å². The molecule has 0 atom stereocenters. The predicted octanol–water partition coefficient (Wildman–Crippen LogP) is 2.80. The van der Waals surface area contributed by atoms with Gasteiger partial charge in [0.25, 0.3) is 5.91 Å². The normalized spacial score (nSPS) is 11.0. The van der Waals surface area contributed by atoms with Crippen LogP contribution in [0.1, 0.15) is 41.0 Å². The molecule has 2 aromatic rings. The van der Waals surface area contributed by atoms with E-state index in [1.165, 1.54) is 24.3 Å². The fourth-order valence-electron chi connectivity index (χ4n) is 2.23. The van der Waals surface area contributed by atoms with Crippen molar-refractivity contribution in [2.75, 3.05) is 18.5 Å². The largest absolute Gasteiger partial charge is 0.462 e. The zero-order chi connectivity index (χ0) is 19.9. The molecular formula is C19H22N2O5S. The van der Waals surface area contributed by atoms with Crippen molar-refractivity contribution in [3.05, 3.63) is 59.7 Å². The van der Waals surface area contributed by atoms with E-state index in [-0.39, 0.29) is 17.1 Å². The number of carbonyl (C=O) groups excluding carboxylic acids is 2. The minimum atomic E-state index is -3.65. The molecule has 0 bridgehead atoms. The maximum Gasteiger partial charge on any atom is 0.338 e. The first-order chi connectivity index (χ1) is 12.9. The van der Waals surface area contributed by atoms with Gasteiger partial charge in [-0.3, -0.25) is 4.79 Å². The highest BCUT2D eigenvalue weighted by Gasteiger charge is 2.16. The molecule has 2 aromatic carbocycles. The second-order valence-corrected chi connectivity index (χ2v) is 7.44. The summed E-state index contributed by atoms with van der Waals surface area (Å²) in [6.07, 6.45) is 0.668. The highest BCUT2D eigenvalue weighted by molar-refractivity contribution is 7.89. The van der Waals surface area contributed by atoms with Gasteiger partial charge in [0.1, 0.15) is 0 Å². The smallest absolute Gasteiger partial charge is 0.338 e. The number of hydrogen-bond acceptors (Lipinski definition) is 5. The van der Waals surface area contributed by atoms with Crippen molar-refractivity contribution in [3.63, 3.8) is 0 Å². The second-order valence-electron chi connectivity index (χ2n) is 5.68. The Morgan fingerprint density at radius 1 is 1.00 bits per heavy atom. The van der Waals surface area contributed by atoms with E-state index in [0.717, 1.165) is 0 Å². The Morgan fingerprint density at radius 3 is 2.33 bits per heavy atom. The van der Waals surface area contributed by atoms with Gasteiger partial charge in [-0.25, -0.2) is 17.9 Å². The number of sulfonamides is 1.